The molecule has 0 spiro atoms. The Hall–Kier alpha value is -2.20. The van der Waals surface area contributed by atoms with E-state index >= 15 is 0 Å². The van der Waals surface area contributed by atoms with Gasteiger partial charge in [0.1, 0.15) is 11.6 Å². The van der Waals surface area contributed by atoms with Crippen molar-refractivity contribution in [2.75, 3.05) is 13.1 Å². The molecule has 22 heavy (non-hydrogen) atoms. The third kappa shape index (κ3) is 2.20. The van der Waals surface area contributed by atoms with Crippen LogP contribution in [0.25, 0.3) is 22.4 Å². The fraction of sp³-hybridized carbons (Fsp3) is 0.278. The zero-order valence-electron chi connectivity index (χ0n) is 12.3. The number of benzene rings is 2. The van der Waals surface area contributed by atoms with Crippen molar-refractivity contribution in [1.82, 2.24) is 14.9 Å². The Kier molecular flexibility index (Phi) is 3.39. The van der Waals surface area contributed by atoms with E-state index in [1.165, 1.54) is 6.07 Å². The van der Waals surface area contributed by atoms with Crippen LogP contribution in [0.2, 0.25) is 0 Å². The van der Waals surface area contributed by atoms with E-state index in [9.17, 15) is 4.39 Å². The standard InChI is InChI=1S/C18H18FN3/c19-15-6-2-1-5-14(15)18-21-16-7-3-4-8-17(16)22(18)13-9-11-20-12-10-13/h1-8,13,20H,9-12H2. The predicted molar refractivity (Wildman–Crippen MR) is 86.3 cm³/mol. The van der Waals surface area contributed by atoms with E-state index in [4.69, 9.17) is 4.98 Å². The van der Waals surface area contributed by atoms with Gasteiger partial charge in [-0.2, -0.15) is 0 Å². The second-order valence-electron chi connectivity index (χ2n) is 5.76. The van der Waals surface area contributed by atoms with Crippen molar-refractivity contribution < 1.29 is 4.39 Å². The van der Waals surface area contributed by atoms with E-state index in [2.05, 4.69) is 16.0 Å². The van der Waals surface area contributed by atoms with Gasteiger partial charge >= 0.3 is 0 Å². The minimum absolute atomic E-state index is 0.215. The first kappa shape index (κ1) is 13.5. The van der Waals surface area contributed by atoms with Gasteiger partial charge in [-0.15, -0.1) is 0 Å². The van der Waals surface area contributed by atoms with Crippen molar-refractivity contribution >= 4 is 11.0 Å². The average molecular weight is 295 g/mol. The maximum atomic E-state index is 14.3. The fourth-order valence-electron chi connectivity index (χ4n) is 3.31. The van der Waals surface area contributed by atoms with E-state index in [0.29, 0.717) is 11.6 Å². The summed E-state index contributed by atoms with van der Waals surface area (Å²) in [7, 11) is 0. The number of hydrogen-bond acceptors (Lipinski definition) is 2. The quantitative estimate of drug-likeness (QED) is 0.780. The van der Waals surface area contributed by atoms with Crippen LogP contribution >= 0.6 is 0 Å². The summed E-state index contributed by atoms with van der Waals surface area (Å²) in [5.74, 6) is 0.527. The van der Waals surface area contributed by atoms with Crippen molar-refractivity contribution in [2.45, 2.75) is 18.9 Å². The van der Waals surface area contributed by atoms with E-state index in [1.54, 1.807) is 6.07 Å². The van der Waals surface area contributed by atoms with Crippen molar-refractivity contribution in [3.63, 3.8) is 0 Å². The topological polar surface area (TPSA) is 29.9 Å². The number of aromatic nitrogens is 2. The van der Waals surface area contributed by atoms with Crippen LogP contribution in [0.5, 0.6) is 0 Å². The van der Waals surface area contributed by atoms with Gasteiger partial charge in [0.15, 0.2) is 0 Å². The zero-order chi connectivity index (χ0) is 14.9. The molecule has 1 fully saturated rings. The molecule has 0 radical (unpaired) electrons. The van der Waals surface area contributed by atoms with Gasteiger partial charge in [-0.05, 0) is 50.2 Å². The van der Waals surface area contributed by atoms with E-state index in [1.807, 2.05) is 30.3 Å². The van der Waals surface area contributed by atoms with Crippen LogP contribution < -0.4 is 5.32 Å². The maximum absolute atomic E-state index is 14.3. The summed E-state index contributed by atoms with van der Waals surface area (Å²) in [5, 5.41) is 3.39. The average Bonchev–Trinajstić information content (AvgIpc) is 2.95. The number of para-hydroxylation sites is 2. The normalized spacial score (nSPS) is 16.2. The Bertz CT molecular complexity index is 803. The SMILES string of the molecule is Fc1ccccc1-c1nc2ccccc2n1C1CCNCC1. The minimum atomic E-state index is -0.215. The lowest BCUT2D eigenvalue weighted by molar-refractivity contribution is 0.377. The third-order valence-electron chi connectivity index (χ3n) is 4.38. The highest BCUT2D eigenvalue weighted by Crippen LogP contribution is 2.32. The largest absolute Gasteiger partial charge is 0.321 e. The second-order valence-corrected chi connectivity index (χ2v) is 5.76. The summed E-state index contributed by atoms with van der Waals surface area (Å²) in [6.07, 6.45) is 2.09. The summed E-state index contributed by atoms with van der Waals surface area (Å²) >= 11 is 0. The van der Waals surface area contributed by atoms with E-state index in [-0.39, 0.29) is 5.82 Å². The van der Waals surface area contributed by atoms with Crippen LogP contribution in [0.3, 0.4) is 0 Å². The number of nitrogens with zero attached hydrogens (tertiary/aromatic N) is 2. The molecule has 2 aromatic carbocycles. The first-order valence-electron chi connectivity index (χ1n) is 7.77. The van der Waals surface area contributed by atoms with Gasteiger partial charge in [0.05, 0.1) is 16.6 Å². The van der Waals surface area contributed by atoms with Crippen LogP contribution in [0.1, 0.15) is 18.9 Å². The molecule has 2 heterocycles. The van der Waals surface area contributed by atoms with Crippen LogP contribution in [0.15, 0.2) is 48.5 Å². The van der Waals surface area contributed by atoms with Crippen molar-refractivity contribution in [3.8, 4) is 11.4 Å². The molecule has 3 nitrogen and oxygen atoms in total. The van der Waals surface area contributed by atoms with Crippen LogP contribution in [-0.4, -0.2) is 22.6 Å². The first-order valence-corrected chi connectivity index (χ1v) is 7.77. The Labute approximate surface area is 128 Å². The summed E-state index contributed by atoms with van der Waals surface area (Å²) < 4.78 is 16.5. The van der Waals surface area contributed by atoms with E-state index in [0.717, 1.165) is 42.8 Å². The molecule has 1 aliphatic rings. The number of halogens is 1. The lowest BCUT2D eigenvalue weighted by Gasteiger charge is -2.26. The Morgan fingerprint density at radius 1 is 1.00 bits per heavy atom. The first-order chi connectivity index (χ1) is 10.8. The van der Waals surface area contributed by atoms with Crippen molar-refractivity contribution in [2.24, 2.45) is 0 Å². The van der Waals surface area contributed by atoms with Gasteiger partial charge in [-0.3, -0.25) is 0 Å². The molecule has 1 N–H and O–H groups in total. The molecule has 0 unspecified atom stereocenters. The molecule has 0 saturated carbocycles. The number of piperidine rings is 1. The molecule has 4 rings (SSSR count). The smallest absolute Gasteiger partial charge is 0.144 e. The number of rotatable bonds is 2. The van der Waals surface area contributed by atoms with Crippen molar-refractivity contribution in [3.05, 3.63) is 54.3 Å². The highest BCUT2D eigenvalue weighted by Gasteiger charge is 2.23. The summed E-state index contributed by atoms with van der Waals surface area (Å²) in [6.45, 7) is 1.99. The van der Waals surface area contributed by atoms with E-state index < -0.39 is 0 Å². The maximum Gasteiger partial charge on any atom is 0.144 e. The van der Waals surface area contributed by atoms with Gasteiger partial charge < -0.3 is 9.88 Å². The lowest BCUT2D eigenvalue weighted by Crippen LogP contribution is -2.29. The number of hydrogen-bond donors (Lipinski definition) is 1. The van der Waals surface area contributed by atoms with Gasteiger partial charge in [0.25, 0.3) is 0 Å². The molecular weight excluding hydrogens is 277 g/mol. The molecule has 0 aliphatic carbocycles. The van der Waals surface area contributed by atoms with Gasteiger partial charge in [-0.25, -0.2) is 9.37 Å². The Balaban J connectivity index is 1.95. The molecule has 112 valence electrons. The molecule has 0 amide bonds. The predicted octanol–water partition coefficient (Wildman–Crippen LogP) is 3.77. The molecule has 3 aromatic rings. The van der Waals surface area contributed by atoms with Crippen LogP contribution in [0, 0.1) is 5.82 Å². The summed E-state index contributed by atoms with van der Waals surface area (Å²) in [4.78, 5) is 4.72. The molecule has 1 saturated heterocycles. The highest BCUT2D eigenvalue weighted by molar-refractivity contribution is 5.81. The third-order valence-corrected chi connectivity index (χ3v) is 4.38. The Morgan fingerprint density at radius 3 is 2.55 bits per heavy atom. The van der Waals surface area contributed by atoms with Crippen LogP contribution in [0.4, 0.5) is 4.39 Å². The molecule has 1 aliphatic heterocycles. The number of fused-ring (bicyclic) bond motifs is 1. The van der Waals surface area contributed by atoms with Crippen LogP contribution in [-0.2, 0) is 0 Å². The molecule has 0 bridgehead atoms. The van der Waals surface area contributed by atoms with Gasteiger partial charge in [0, 0.05) is 6.04 Å². The monoisotopic (exact) mass is 295 g/mol. The lowest BCUT2D eigenvalue weighted by atomic mass is 10.1. The zero-order valence-corrected chi connectivity index (χ0v) is 12.3. The summed E-state index contributed by atoms with van der Waals surface area (Å²) in [5.41, 5.74) is 2.60. The fourth-order valence-corrected chi connectivity index (χ4v) is 3.31. The Morgan fingerprint density at radius 2 is 1.73 bits per heavy atom. The number of nitrogens with one attached hydrogen (secondary N) is 1. The molecule has 0 atom stereocenters. The number of imidazole rings is 1. The van der Waals surface area contributed by atoms with Gasteiger partial charge in [-0.1, -0.05) is 24.3 Å². The minimum Gasteiger partial charge on any atom is -0.321 e. The van der Waals surface area contributed by atoms with Crippen molar-refractivity contribution in [1.29, 1.82) is 0 Å². The summed E-state index contributed by atoms with van der Waals surface area (Å²) in [6, 6.07) is 15.3. The van der Waals surface area contributed by atoms with Gasteiger partial charge in [0.2, 0.25) is 0 Å². The molecular formula is C18H18FN3. The second kappa shape index (κ2) is 5.54. The highest BCUT2D eigenvalue weighted by atomic mass is 19.1. The molecule has 1 aromatic heterocycles. The molecule has 4 heteroatoms.